The summed E-state index contributed by atoms with van der Waals surface area (Å²) in [7, 11) is 1.88. The molecular weight excluding hydrogens is 320 g/mol. The van der Waals surface area contributed by atoms with Crippen LogP contribution in [0.15, 0.2) is 0 Å². The van der Waals surface area contributed by atoms with Crippen molar-refractivity contribution in [1.29, 1.82) is 0 Å². The Labute approximate surface area is 148 Å². The highest BCUT2D eigenvalue weighted by Crippen LogP contribution is 2.27. The predicted octanol–water partition coefficient (Wildman–Crippen LogP) is 1.22. The van der Waals surface area contributed by atoms with Crippen LogP contribution in [0.25, 0.3) is 0 Å². The number of nitrogens with one attached hydrogen (secondary N) is 2. The molecule has 3 heterocycles. The van der Waals surface area contributed by atoms with Gasteiger partial charge in [-0.25, -0.2) is 9.78 Å². The molecule has 0 aromatic carbocycles. The molecule has 1 saturated heterocycles. The van der Waals surface area contributed by atoms with Crippen LogP contribution in [0, 0.1) is 0 Å². The van der Waals surface area contributed by atoms with E-state index in [1.165, 1.54) is 0 Å². The van der Waals surface area contributed by atoms with E-state index in [2.05, 4.69) is 15.5 Å². The summed E-state index contributed by atoms with van der Waals surface area (Å²) in [5, 5.41) is 6.53. The number of rotatable bonds is 2. The first-order valence-corrected chi connectivity index (χ1v) is 8.88. The molecule has 8 nitrogen and oxygen atoms in total. The van der Waals surface area contributed by atoms with Gasteiger partial charge in [-0.2, -0.15) is 4.98 Å². The summed E-state index contributed by atoms with van der Waals surface area (Å²) in [6.07, 6.45) is 0.443. The molecule has 2 aliphatic heterocycles. The van der Waals surface area contributed by atoms with Crippen molar-refractivity contribution in [3.63, 3.8) is 0 Å². The number of anilines is 2. The van der Waals surface area contributed by atoms with Crippen molar-refractivity contribution < 1.29 is 9.53 Å². The molecular formula is C17H28N6O2. The Morgan fingerprint density at radius 2 is 1.92 bits per heavy atom. The van der Waals surface area contributed by atoms with Gasteiger partial charge in [-0.05, 0) is 27.2 Å². The normalized spacial score (nSPS) is 17.9. The third-order valence-electron chi connectivity index (χ3n) is 4.34. The zero-order valence-corrected chi connectivity index (χ0v) is 15.6. The number of nitrogens with zero attached hydrogens (tertiary/aromatic N) is 4. The van der Waals surface area contributed by atoms with Crippen LogP contribution >= 0.6 is 0 Å². The Bertz CT molecular complexity index is 637. The van der Waals surface area contributed by atoms with Gasteiger partial charge in [0.25, 0.3) is 0 Å². The van der Waals surface area contributed by atoms with Gasteiger partial charge in [0, 0.05) is 45.3 Å². The predicted molar refractivity (Wildman–Crippen MR) is 97.0 cm³/mol. The second-order valence-corrected chi connectivity index (χ2v) is 7.44. The minimum absolute atomic E-state index is 0.286. The molecule has 1 aromatic rings. The summed E-state index contributed by atoms with van der Waals surface area (Å²) in [5.74, 6) is 1.60. The van der Waals surface area contributed by atoms with Gasteiger partial charge in [0.1, 0.15) is 11.4 Å². The van der Waals surface area contributed by atoms with Crippen LogP contribution < -0.4 is 15.5 Å². The number of hydrogen-bond acceptors (Lipinski definition) is 7. The van der Waals surface area contributed by atoms with Gasteiger partial charge in [-0.3, -0.25) is 0 Å². The molecule has 1 amide bonds. The van der Waals surface area contributed by atoms with E-state index in [9.17, 15) is 4.79 Å². The van der Waals surface area contributed by atoms with Crippen LogP contribution in [0.3, 0.4) is 0 Å². The van der Waals surface area contributed by atoms with Crippen molar-refractivity contribution in [3.05, 3.63) is 11.3 Å². The largest absolute Gasteiger partial charge is 0.444 e. The van der Waals surface area contributed by atoms with Crippen molar-refractivity contribution >= 4 is 17.9 Å². The maximum absolute atomic E-state index is 12.4. The third kappa shape index (κ3) is 4.12. The quantitative estimate of drug-likeness (QED) is 0.831. The summed E-state index contributed by atoms with van der Waals surface area (Å²) in [6, 6.07) is 0. The van der Waals surface area contributed by atoms with Crippen molar-refractivity contribution in [2.75, 3.05) is 50.0 Å². The molecule has 0 saturated carbocycles. The van der Waals surface area contributed by atoms with E-state index in [4.69, 9.17) is 14.7 Å². The van der Waals surface area contributed by atoms with E-state index in [-0.39, 0.29) is 6.09 Å². The summed E-state index contributed by atoms with van der Waals surface area (Å²) in [4.78, 5) is 25.8. The van der Waals surface area contributed by atoms with Crippen LogP contribution in [0.4, 0.5) is 16.6 Å². The molecule has 0 bridgehead atoms. The molecule has 3 rings (SSSR count). The van der Waals surface area contributed by atoms with Crippen LogP contribution in [-0.2, 0) is 17.7 Å². The molecule has 1 aromatic heterocycles. The highest BCUT2D eigenvalue weighted by Gasteiger charge is 2.29. The van der Waals surface area contributed by atoms with Gasteiger partial charge in [0.15, 0.2) is 0 Å². The lowest BCUT2D eigenvalue weighted by Gasteiger charge is -2.33. The van der Waals surface area contributed by atoms with Gasteiger partial charge >= 0.3 is 6.09 Å². The Morgan fingerprint density at radius 1 is 1.20 bits per heavy atom. The molecule has 2 aliphatic rings. The molecule has 2 N–H and O–H groups in total. The summed E-state index contributed by atoms with van der Waals surface area (Å²) >= 11 is 0. The fourth-order valence-electron chi connectivity index (χ4n) is 3.11. The van der Waals surface area contributed by atoms with E-state index in [1.807, 2.05) is 27.8 Å². The first-order valence-electron chi connectivity index (χ1n) is 8.88. The highest BCUT2D eigenvalue weighted by molar-refractivity contribution is 5.69. The number of aromatic nitrogens is 2. The molecule has 0 radical (unpaired) electrons. The van der Waals surface area contributed by atoms with E-state index in [1.54, 1.807) is 4.90 Å². The number of hydrogen-bond donors (Lipinski definition) is 2. The highest BCUT2D eigenvalue weighted by atomic mass is 16.6. The minimum atomic E-state index is -0.495. The fraction of sp³-hybridized carbons (Fsp3) is 0.706. The summed E-state index contributed by atoms with van der Waals surface area (Å²) in [5.41, 5.74) is 1.51. The smallest absolute Gasteiger partial charge is 0.410 e. The number of fused-ring (bicyclic) bond motifs is 1. The van der Waals surface area contributed by atoms with E-state index < -0.39 is 5.60 Å². The van der Waals surface area contributed by atoms with Gasteiger partial charge in [-0.15, -0.1) is 0 Å². The molecule has 0 spiro atoms. The average Bonchev–Trinajstić information content (AvgIpc) is 2.59. The first kappa shape index (κ1) is 17.7. The second kappa shape index (κ2) is 7.03. The molecule has 0 atom stereocenters. The molecule has 25 heavy (non-hydrogen) atoms. The number of ether oxygens (including phenoxy) is 1. The van der Waals surface area contributed by atoms with Crippen LogP contribution in [0.2, 0.25) is 0 Å². The number of piperazine rings is 1. The van der Waals surface area contributed by atoms with Crippen molar-refractivity contribution in [2.45, 2.75) is 39.3 Å². The topological polar surface area (TPSA) is 82.6 Å². The van der Waals surface area contributed by atoms with Gasteiger partial charge in [0.2, 0.25) is 5.95 Å². The molecule has 1 fully saturated rings. The molecule has 8 heteroatoms. The Hall–Kier alpha value is -2.09. The van der Waals surface area contributed by atoms with Gasteiger partial charge < -0.3 is 25.2 Å². The number of carbonyl (C=O) groups excluding carboxylic acids is 1. The van der Waals surface area contributed by atoms with E-state index in [0.29, 0.717) is 13.1 Å². The van der Waals surface area contributed by atoms with Crippen LogP contribution in [-0.4, -0.2) is 66.3 Å². The Balaban J connectivity index is 1.83. The first-order chi connectivity index (χ1) is 11.9. The van der Waals surface area contributed by atoms with Gasteiger partial charge in [-0.1, -0.05) is 0 Å². The Morgan fingerprint density at radius 3 is 2.56 bits per heavy atom. The lowest BCUT2D eigenvalue weighted by Crippen LogP contribution is -2.45. The maximum Gasteiger partial charge on any atom is 0.410 e. The Kier molecular flexibility index (Phi) is 4.99. The van der Waals surface area contributed by atoms with E-state index >= 15 is 0 Å². The monoisotopic (exact) mass is 348 g/mol. The second-order valence-electron chi connectivity index (χ2n) is 7.44. The van der Waals surface area contributed by atoms with Crippen LogP contribution in [0.1, 0.15) is 32.0 Å². The number of carbonyl (C=O) groups is 1. The van der Waals surface area contributed by atoms with Crippen molar-refractivity contribution in [1.82, 2.24) is 20.2 Å². The standard InChI is InChI=1S/C17H28N6O2/c1-17(2,3)25-16(24)23-8-5-12-13(11-23)20-15(21-14(12)18-4)22-9-6-19-7-10-22/h19H,5-11H2,1-4H3,(H,18,20,21). The summed E-state index contributed by atoms with van der Waals surface area (Å²) < 4.78 is 5.50. The summed E-state index contributed by atoms with van der Waals surface area (Å²) in [6.45, 7) is 10.4. The zero-order valence-electron chi connectivity index (χ0n) is 15.6. The molecule has 0 unspecified atom stereocenters. The zero-order chi connectivity index (χ0) is 18.0. The third-order valence-corrected chi connectivity index (χ3v) is 4.34. The molecule has 0 aliphatic carbocycles. The average molecular weight is 348 g/mol. The van der Waals surface area contributed by atoms with Crippen LogP contribution in [0.5, 0.6) is 0 Å². The fourth-order valence-corrected chi connectivity index (χ4v) is 3.11. The lowest BCUT2D eigenvalue weighted by molar-refractivity contribution is 0.0221. The maximum atomic E-state index is 12.4. The minimum Gasteiger partial charge on any atom is -0.444 e. The lowest BCUT2D eigenvalue weighted by atomic mass is 10.1. The molecule has 138 valence electrons. The van der Waals surface area contributed by atoms with E-state index in [0.717, 1.165) is 55.6 Å². The van der Waals surface area contributed by atoms with Crippen molar-refractivity contribution in [3.8, 4) is 0 Å². The van der Waals surface area contributed by atoms with Crippen molar-refractivity contribution in [2.24, 2.45) is 0 Å². The number of amides is 1. The SMILES string of the molecule is CNc1nc(N2CCNCC2)nc2c1CCN(C(=O)OC(C)(C)C)C2. The van der Waals surface area contributed by atoms with Gasteiger partial charge in [0.05, 0.1) is 12.2 Å².